The number of amides is 1. The Kier molecular flexibility index (Phi) is 8.30. The van der Waals surface area contributed by atoms with Gasteiger partial charge in [0.2, 0.25) is 5.91 Å². The summed E-state index contributed by atoms with van der Waals surface area (Å²) < 4.78 is 2.05. The molecule has 186 valence electrons. The predicted octanol–water partition coefficient (Wildman–Crippen LogP) is 6.25. The van der Waals surface area contributed by atoms with Gasteiger partial charge in [-0.15, -0.1) is 21.5 Å². The molecule has 0 unspecified atom stereocenters. The van der Waals surface area contributed by atoms with Gasteiger partial charge in [0.15, 0.2) is 11.0 Å². The third-order valence-electron chi connectivity index (χ3n) is 5.65. The summed E-state index contributed by atoms with van der Waals surface area (Å²) in [5, 5.41) is 16.2. The summed E-state index contributed by atoms with van der Waals surface area (Å²) in [6.07, 6.45) is 0.213. The van der Waals surface area contributed by atoms with E-state index in [2.05, 4.69) is 32.6 Å². The number of halogens is 1. The molecular weight excluding hydrogens is 522 g/mol. The lowest BCUT2D eigenvalue weighted by molar-refractivity contribution is -0.120. The van der Waals surface area contributed by atoms with Crippen LogP contribution < -0.4 is 5.32 Å². The van der Waals surface area contributed by atoms with Gasteiger partial charge in [-0.2, -0.15) is 0 Å². The molecule has 5 rings (SSSR count). The molecule has 9 heteroatoms. The zero-order valence-corrected chi connectivity index (χ0v) is 22.3. The zero-order chi connectivity index (χ0) is 25.5. The van der Waals surface area contributed by atoms with Crippen LogP contribution in [-0.2, 0) is 30.1 Å². The first kappa shape index (κ1) is 25.2. The van der Waals surface area contributed by atoms with Crippen molar-refractivity contribution in [1.29, 1.82) is 0 Å². The number of benzene rings is 3. The van der Waals surface area contributed by atoms with Crippen molar-refractivity contribution in [2.24, 2.45) is 0 Å². The maximum atomic E-state index is 12.7. The molecule has 0 radical (unpaired) electrons. The summed E-state index contributed by atoms with van der Waals surface area (Å²) in [5.74, 6) is 1.26. The van der Waals surface area contributed by atoms with E-state index in [1.54, 1.807) is 23.1 Å². The highest BCUT2D eigenvalue weighted by Gasteiger charge is 2.16. The third kappa shape index (κ3) is 6.65. The summed E-state index contributed by atoms with van der Waals surface area (Å²) in [5.41, 5.74) is 3.97. The van der Waals surface area contributed by atoms with E-state index >= 15 is 0 Å². The molecule has 2 heterocycles. The van der Waals surface area contributed by atoms with Gasteiger partial charge in [0.05, 0.1) is 25.2 Å². The minimum Gasteiger partial charge on any atom is -0.348 e. The van der Waals surface area contributed by atoms with E-state index in [4.69, 9.17) is 11.6 Å². The number of hydrogen-bond acceptors (Lipinski definition) is 6. The number of nitrogens with one attached hydrogen (secondary N) is 1. The topological polar surface area (TPSA) is 72.7 Å². The fourth-order valence-corrected chi connectivity index (χ4v) is 5.81. The number of carbonyl (C=O) groups excluding carboxylic acids is 1. The SMILES string of the molecule is O=C(Cc1csc(-c2ccccc2)n1)NCc1nnc(SCc2ccccc2Cl)n1Cc1ccccc1. The van der Waals surface area contributed by atoms with Crippen LogP contribution in [-0.4, -0.2) is 25.7 Å². The Morgan fingerprint density at radius 2 is 1.68 bits per heavy atom. The lowest BCUT2D eigenvalue weighted by Crippen LogP contribution is -2.26. The molecule has 0 saturated carbocycles. The molecule has 0 aliphatic carbocycles. The van der Waals surface area contributed by atoms with Crippen LogP contribution in [0.25, 0.3) is 10.6 Å². The highest BCUT2D eigenvalue weighted by molar-refractivity contribution is 7.98. The van der Waals surface area contributed by atoms with E-state index in [1.165, 1.54) is 0 Å². The monoisotopic (exact) mass is 545 g/mol. The van der Waals surface area contributed by atoms with Crippen molar-refractivity contribution in [3.05, 3.63) is 118 Å². The maximum Gasteiger partial charge on any atom is 0.226 e. The van der Waals surface area contributed by atoms with E-state index in [0.717, 1.165) is 37.6 Å². The van der Waals surface area contributed by atoms with Crippen LogP contribution in [0, 0.1) is 0 Å². The molecule has 0 saturated heterocycles. The van der Waals surface area contributed by atoms with E-state index in [0.29, 0.717) is 18.1 Å². The van der Waals surface area contributed by atoms with Crippen LogP contribution in [0.1, 0.15) is 22.6 Å². The summed E-state index contributed by atoms with van der Waals surface area (Å²) in [7, 11) is 0. The summed E-state index contributed by atoms with van der Waals surface area (Å²) in [6.45, 7) is 0.886. The van der Waals surface area contributed by atoms with Crippen molar-refractivity contribution in [2.45, 2.75) is 30.4 Å². The van der Waals surface area contributed by atoms with E-state index in [9.17, 15) is 4.79 Å². The molecule has 0 aliphatic heterocycles. The highest BCUT2D eigenvalue weighted by Crippen LogP contribution is 2.27. The zero-order valence-electron chi connectivity index (χ0n) is 19.9. The average molecular weight is 546 g/mol. The van der Waals surface area contributed by atoms with Gasteiger partial charge in [-0.1, -0.05) is 102 Å². The number of hydrogen-bond donors (Lipinski definition) is 1. The normalized spacial score (nSPS) is 10.9. The smallest absolute Gasteiger partial charge is 0.226 e. The van der Waals surface area contributed by atoms with Crippen LogP contribution >= 0.6 is 34.7 Å². The molecule has 0 spiro atoms. The molecule has 5 aromatic rings. The Labute approximate surface area is 228 Å². The lowest BCUT2D eigenvalue weighted by atomic mass is 10.2. The summed E-state index contributed by atoms with van der Waals surface area (Å²) in [6, 6.07) is 27.9. The Morgan fingerprint density at radius 3 is 2.46 bits per heavy atom. The fraction of sp³-hybridized carbons (Fsp3) is 0.143. The fourth-order valence-electron chi connectivity index (χ4n) is 3.75. The largest absolute Gasteiger partial charge is 0.348 e. The lowest BCUT2D eigenvalue weighted by Gasteiger charge is -2.11. The Morgan fingerprint density at radius 1 is 0.946 bits per heavy atom. The van der Waals surface area contributed by atoms with Crippen LogP contribution in [0.5, 0.6) is 0 Å². The number of thiazole rings is 1. The number of aromatic nitrogens is 4. The summed E-state index contributed by atoms with van der Waals surface area (Å²) in [4.78, 5) is 17.4. The molecule has 0 aliphatic rings. The molecule has 37 heavy (non-hydrogen) atoms. The van der Waals surface area contributed by atoms with Crippen LogP contribution in [0.4, 0.5) is 0 Å². The quantitative estimate of drug-likeness (QED) is 0.210. The van der Waals surface area contributed by atoms with Gasteiger partial charge in [-0.25, -0.2) is 4.98 Å². The van der Waals surface area contributed by atoms with E-state index < -0.39 is 0 Å². The van der Waals surface area contributed by atoms with Crippen molar-refractivity contribution in [3.8, 4) is 10.6 Å². The predicted molar refractivity (Wildman–Crippen MR) is 150 cm³/mol. The molecule has 0 bridgehead atoms. The Hall–Kier alpha value is -3.46. The molecule has 0 fully saturated rings. The van der Waals surface area contributed by atoms with Crippen LogP contribution in [0.2, 0.25) is 5.02 Å². The van der Waals surface area contributed by atoms with Crippen LogP contribution in [0.3, 0.4) is 0 Å². The third-order valence-corrected chi connectivity index (χ3v) is 7.97. The minimum absolute atomic E-state index is 0.107. The van der Waals surface area contributed by atoms with Gasteiger partial charge in [-0.3, -0.25) is 4.79 Å². The molecule has 0 atom stereocenters. The van der Waals surface area contributed by atoms with Crippen molar-refractivity contribution >= 4 is 40.6 Å². The standard InChI is InChI=1S/C28H24ClN5OS2/c29-24-14-8-7-13-22(24)18-37-28-33-32-25(34(28)17-20-9-3-1-4-10-20)16-30-26(35)15-23-19-36-27(31-23)21-11-5-2-6-12-21/h1-14,19H,15-18H2,(H,30,35). The second kappa shape index (κ2) is 12.2. The average Bonchev–Trinajstić information content (AvgIpc) is 3.55. The second-order valence-corrected chi connectivity index (χ2v) is 10.5. The van der Waals surface area contributed by atoms with Gasteiger partial charge in [0.25, 0.3) is 0 Å². The Balaban J connectivity index is 1.26. The molecule has 6 nitrogen and oxygen atoms in total. The maximum absolute atomic E-state index is 12.7. The van der Waals surface area contributed by atoms with Gasteiger partial charge in [0, 0.05) is 21.7 Å². The van der Waals surface area contributed by atoms with Crippen molar-refractivity contribution < 1.29 is 4.79 Å². The Bertz CT molecular complexity index is 1470. The molecule has 1 amide bonds. The van der Waals surface area contributed by atoms with Gasteiger partial charge < -0.3 is 9.88 Å². The second-order valence-electron chi connectivity index (χ2n) is 8.31. The minimum atomic E-state index is -0.107. The molecule has 1 N–H and O–H groups in total. The molecule has 2 aromatic heterocycles. The van der Waals surface area contributed by atoms with Crippen molar-refractivity contribution in [3.63, 3.8) is 0 Å². The first-order chi connectivity index (χ1) is 18.2. The molecule has 3 aromatic carbocycles. The number of rotatable bonds is 10. The first-order valence-electron chi connectivity index (χ1n) is 11.7. The van der Waals surface area contributed by atoms with Gasteiger partial charge in [0.1, 0.15) is 5.01 Å². The summed E-state index contributed by atoms with van der Waals surface area (Å²) >= 11 is 9.46. The van der Waals surface area contributed by atoms with Crippen LogP contribution in [0.15, 0.2) is 95.5 Å². The van der Waals surface area contributed by atoms with Crippen molar-refractivity contribution in [2.75, 3.05) is 0 Å². The van der Waals surface area contributed by atoms with E-state index in [-0.39, 0.29) is 18.9 Å². The van der Waals surface area contributed by atoms with E-state index in [1.807, 2.05) is 82.7 Å². The number of carbonyl (C=O) groups is 1. The number of thioether (sulfide) groups is 1. The van der Waals surface area contributed by atoms with Gasteiger partial charge in [-0.05, 0) is 17.2 Å². The molecular formula is C28H24ClN5OS2. The highest BCUT2D eigenvalue weighted by atomic mass is 35.5. The number of nitrogens with zero attached hydrogens (tertiary/aromatic N) is 4. The van der Waals surface area contributed by atoms with Crippen molar-refractivity contribution in [1.82, 2.24) is 25.1 Å². The first-order valence-corrected chi connectivity index (χ1v) is 14.0. The van der Waals surface area contributed by atoms with Gasteiger partial charge >= 0.3 is 0 Å².